The van der Waals surface area contributed by atoms with Crippen molar-refractivity contribution in [2.45, 2.75) is 30.9 Å². The van der Waals surface area contributed by atoms with E-state index in [2.05, 4.69) is 5.32 Å². The average Bonchev–Trinajstić information content (AvgIpc) is 2.35. The van der Waals surface area contributed by atoms with Gasteiger partial charge in [-0.3, -0.25) is 4.18 Å². The lowest BCUT2D eigenvalue weighted by atomic mass is 10.3. The normalized spacial score (nSPS) is 13.8. The van der Waals surface area contributed by atoms with Crippen LogP contribution in [0.3, 0.4) is 0 Å². The fourth-order valence-electron chi connectivity index (χ4n) is 1.25. The highest BCUT2D eigenvalue weighted by Gasteiger charge is 2.16. The van der Waals surface area contributed by atoms with Gasteiger partial charge >= 0.3 is 0 Å². The van der Waals surface area contributed by atoms with Crippen molar-refractivity contribution in [1.82, 2.24) is 5.32 Å². The SMILES string of the molecule is CC(C)NC[C@H](O)COS(=O)(=O)c1ccccc1. The third-order valence-corrected chi connectivity index (χ3v) is 3.51. The van der Waals surface area contributed by atoms with Crippen LogP contribution in [-0.4, -0.2) is 38.8 Å². The molecular weight excluding hydrogens is 254 g/mol. The molecule has 0 aliphatic heterocycles. The molecule has 0 unspecified atom stereocenters. The monoisotopic (exact) mass is 273 g/mol. The number of aliphatic hydroxyl groups excluding tert-OH is 1. The maximum absolute atomic E-state index is 11.7. The molecule has 18 heavy (non-hydrogen) atoms. The smallest absolute Gasteiger partial charge is 0.297 e. The lowest BCUT2D eigenvalue weighted by Crippen LogP contribution is -2.35. The van der Waals surface area contributed by atoms with Gasteiger partial charge in [0.15, 0.2) is 0 Å². The van der Waals surface area contributed by atoms with E-state index in [-0.39, 0.29) is 17.5 Å². The zero-order valence-corrected chi connectivity index (χ0v) is 11.4. The molecule has 1 atom stereocenters. The van der Waals surface area contributed by atoms with Gasteiger partial charge in [0.2, 0.25) is 0 Å². The first-order valence-electron chi connectivity index (χ1n) is 5.78. The number of rotatable bonds is 7. The molecule has 0 saturated carbocycles. The van der Waals surface area contributed by atoms with Crippen LogP contribution in [0.4, 0.5) is 0 Å². The molecule has 0 radical (unpaired) electrons. The highest BCUT2D eigenvalue weighted by atomic mass is 32.2. The van der Waals surface area contributed by atoms with Crippen molar-refractivity contribution in [3.05, 3.63) is 30.3 Å². The Hall–Kier alpha value is -0.950. The minimum Gasteiger partial charge on any atom is -0.389 e. The molecule has 1 aromatic rings. The second-order valence-corrected chi connectivity index (χ2v) is 5.88. The van der Waals surface area contributed by atoms with E-state index in [0.717, 1.165) is 0 Å². The largest absolute Gasteiger partial charge is 0.389 e. The molecule has 5 nitrogen and oxygen atoms in total. The summed E-state index contributed by atoms with van der Waals surface area (Å²) in [6.07, 6.45) is -0.856. The summed E-state index contributed by atoms with van der Waals surface area (Å²) in [6, 6.07) is 8.09. The van der Waals surface area contributed by atoms with Gasteiger partial charge in [-0.15, -0.1) is 0 Å². The summed E-state index contributed by atoms with van der Waals surface area (Å²) >= 11 is 0. The molecule has 1 rings (SSSR count). The van der Waals surface area contributed by atoms with Gasteiger partial charge in [0.1, 0.15) is 0 Å². The van der Waals surface area contributed by atoms with Gasteiger partial charge in [-0.05, 0) is 12.1 Å². The quantitative estimate of drug-likeness (QED) is 0.717. The van der Waals surface area contributed by atoms with Crippen LogP contribution in [0.1, 0.15) is 13.8 Å². The average molecular weight is 273 g/mol. The Kier molecular flexibility index (Phi) is 5.74. The van der Waals surface area contributed by atoms with Crippen molar-refractivity contribution in [2.75, 3.05) is 13.2 Å². The fourth-order valence-corrected chi connectivity index (χ4v) is 2.22. The molecule has 0 spiro atoms. The summed E-state index contributed by atoms with van der Waals surface area (Å²) in [5.74, 6) is 0. The van der Waals surface area contributed by atoms with Crippen molar-refractivity contribution in [3.8, 4) is 0 Å². The van der Waals surface area contributed by atoms with Gasteiger partial charge in [0.05, 0.1) is 17.6 Å². The molecule has 1 aromatic carbocycles. The summed E-state index contributed by atoms with van der Waals surface area (Å²) in [4.78, 5) is 0.0917. The Bertz CT molecular complexity index is 444. The van der Waals surface area contributed by atoms with Crippen LogP contribution in [0.15, 0.2) is 35.2 Å². The maximum Gasteiger partial charge on any atom is 0.297 e. The second kappa shape index (κ2) is 6.84. The van der Waals surface area contributed by atoms with Crippen LogP contribution in [0.25, 0.3) is 0 Å². The predicted molar refractivity (Wildman–Crippen MR) is 68.7 cm³/mol. The van der Waals surface area contributed by atoms with Crippen LogP contribution in [0, 0.1) is 0 Å². The van der Waals surface area contributed by atoms with Crippen molar-refractivity contribution >= 4 is 10.1 Å². The lowest BCUT2D eigenvalue weighted by Gasteiger charge is -2.14. The molecule has 0 saturated heterocycles. The Morgan fingerprint density at radius 2 is 1.89 bits per heavy atom. The summed E-state index contributed by atoms with van der Waals surface area (Å²) in [7, 11) is -3.78. The van der Waals surface area contributed by atoms with Crippen molar-refractivity contribution in [2.24, 2.45) is 0 Å². The van der Waals surface area contributed by atoms with Gasteiger partial charge in [-0.25, -0.2) is 0 Å². The summed E-state index contributed by atoms with van der Waals surface area (Å²) < 4.78 is 28.2. The Balaban J connectivity index is 2.48. The van der Waals surface area contributed by atoms with E-state index in [4.69, 9.17) is 4.18 Å². The van der Waals surface area contributed by atoms with Gasteiger partial charge in [-0.2, -0.15) is 8.42 Å². The second-order valence-electron chi connectivity index (χ2n) is 4.27. The van der Waals surface area contributed by atoms with Gasteiger partial charge < -0.3 is 10.4 Å². The van der Waals surface area contributed by atoms with E-state index < -0.39 is 16.2 Å². The third kappa shape index (κ3) is 5.14. The number of benzene rings is 1. The molecule has 0 amide bonds. The highest BCUT2D eigenvalue weighted by Crippen LogP contribution is 2.11. The Labute approximate surface area is 108 Å². The van der Waals surface area contributed by atoms with Crippen LogP contribution >= 0.6 is 0 Å². The zero-order valence-electron chi connectivity index (χ0n) is 10.5. The highest BCUT2D eigenvalue weighted by molar-refractivity contribution is 7.86. The van der Waals surface area contributed by atoms with Crippen LogP contribution in [-0.2, 0) is 14.3 Å². The van der Waals surface area contributed by atoms with E-state index >= 15 is 0 Å². The Morgan fingerprint density at radius 3 is 2.44 bits per heavy atom. The first kappa shape index (κ1) is 15.1. The van der Waals surface area contributed by atoms with E-state index in [1.165, 1.54) is 12.1 Å². The topological polar surface area (TPSA) is 75.6 Å². The molecule has 102 valence electrons. The minimum atomic E-state index is -3.78. The first-order valence-corrected chi connectivity index (χ1v) is 7.18. The molecule has 6 heteroatoms. The number of hydrogen-bond donors (Lipinski definition) is 2. The van der Waals surface area contributed by atoms with Crippen molar-refractivity contribution in [1.29, 1.82) is 0 Å². The summed E-state index contributed by atoms with van der Waals surface area (Å²) in [5.41, 5.74) is 0. The van der Waals surface area contributed by atoms with E-state index in [9.17, 15) is 13.5 Å². The number of aliphatic hydroxyl groups is 1. The molecule has 0 aliphatic rings. The van der Waals surface area contributed by atoms with Crippen LogP contribution in [0.5, 0.6) is 0 Å². The fraction of sp³-hybridized carbons (Fsp3) is 0.500. The summed E-state index contributed by atoms with van der Waals surface area (Å²) in [5, 5.41) is 12.6. The van der Waals surface area contributed by atoms with Gasteiger partial charge in [0, 0.05) is 12.6 Å². The van der Waals surface area contributed by atoms with Crippen LogP contribution in [0.2, 0.25) is 0 Å². The molecule has 2 N–H and O–H groups in total. The van der Waals surface area contributed by atoms with Crippen molar-refractivity contribution < 1.29 is 17.7 Å². The lowest BCUT2D eigenvalue weighted by molar-refractivity contribution is 0.107. The van der Waals surface area contributed by atoms with Gasteiger partial charge in [-0.1, -0.05) is 32.0 Å². The first-order chi connectivity index (χ1) is 8.42. The van der Waals surface area contributed by atoms with E-state index in [0.29, 0.717) is 6.54 Å². The standard InChI is InChI=1S/C12H19NO4S/c1-10(2)13-8-11(14)9-17-18(15,16)12-6-4-3-5-7-12/h3-7,10-11,13-14H,8-9H2,1-2H3/t11-/m0/s1. The van der Waals surface area contributed by atoms with E-state index in [1.54, 1.807) is 18.2 Å². The van der Waals surface area contributed by atoms with Gasteiger partial charge in [0.25, 0.3) is 10.1 Å². The molecule has 0 aliphatic carbocycles. The Morgan fingerprint density at radius 1 is 1.28 bits per heavy atom. The minimum absolute atomic E-state index is 0.0917. The predicted octanol–water partition coefficient (Wildman–Crippen LogP) is 0.751. The molecule has 0 aromatic heterocycles. The third-order valence-electron chi connectivity index (χ3n) is 2.21. The molecular formula is C12H19NO4S. The zero-order chi connectivity index (χ0) is 13.6. The van der Waals surface area contributed by atoms with E-state index in [1.807, 2.05) is 13.8 Å². The van der Waals surface area contributed by atoms with Crippen LogP contribution < -0.4 is 5.32 Å². The van der Waals surface area contributed by atoms with Crippen molar-refractivity contribution in [3.63, 3.8) is 0 Å². The molecule has 0 heterocycles. The summed E-state index contributed by atoms with van der Waals surface area (Å²) in [6.45, 7) is 3.92. The molecule has 0 fully saturated rings. The number of hydrogen-bond acceptors (Lipinski definition) is 5. The maximum atomic E-state index is 11.7. The molecule has 0 bridgehead atoms. The number of nitrogens with one attached hydrogen (secondary N) is 1.